The van der Waals surface area contributed by atoms with E-state index >= 15 is 0 Å². The fraction of sp³-hybridized carbons (Fsp3) is 0. The molecule has 0 saturated carbocycles. The van der Waals surface area contributed by atoms with E-state index in [-0.39, 0.29) is 93.0 Å². The summed E-state index contributed by atoms with van der Waals surface area (Å²) in [5.41, 5.74) is 0. The van der Waals surface area contributed by atoms with Crippen molar-refractivity contribution in [2.24, 2.45) is 0 Å². The van der Waals surface area contributed by atoms with Crippen molar-refractivity contribution in [1.29, 1.82) is 0 Å². The summed E-state index contributed by atoms with van der Waals surface area (Å²) in [5.74, 6) is 0. The van der Waals surface area contributed by atoms with E-state index in [4.69, 9.17) is 0 Å². The summed E-state index contributed by atoms with van der Waals surface area (Å²) >= 11 is 0. The summed E-state index contributed by atoms with van der Waals surface area (Å²) in [6, 6.07) is 0. The van der Waals surface area contributed by atoms with Crippen LogP contribution in [0.2, 0.25) is 0 Å². The molecule has 0 fully saturated rings. The normalized spacial score (nSPS) is 0. The Bertz CT molecular complexity index is 11.6. The van der Waals surface area contributed by atoms with Gasteiger partial charge in [-0.25, -0.2) is 0 Å². The molecule has 5 heteroatoms. The van der Waals surface area contributed by atoms with Gasteiger partial charge in [0.2, 0.25) is 0 Å². The summed E-state index contributed by atoms with van der Waals surface area (Å²) in [6.07, 6.45) is 0. The first kappa shape index (κ1) is 45.3. The molecule has 0 amide bonds. The first-order chi connectivity index (χ1) is 0. The Morgan fingerprint density at radius 1 is 1.00 bits per heavy atom. The molecule has 0 aromatic carbocycles. The SMILES string of the molecule is [AlH3].[Cr].[Mo].[SiH4].[Zr]. The van der Waals surface area contributed by atoms with Crippen molar-refractivity contribution in [3.05, 3.63) is 0 Å². The smallest absolute Gasteiger partial charge is 0.0149 e. The van der Waals surface area contributed by atoms with Crippen molar-refractivity contribution in [2.75, 3.05) is 0 Å². The molecule has 0 aromatic heterocycles. The van der Waals surface area contributed by atoms with Gasteiger partial charge >= 0.3 is 0 Å². The third kappa shape index (κ3) is 19.8. The van der Waals surface area contributed by atoms with E-state index in [2.05, 4.69) is 0 Å². The van der Waals surface area contributed by atoms with E-state index in [0.717, 1.165) is 0 Å². The first-order valence-electron chi connectivity index (χ1n) is 0. The second kappa shape index (κ2) is 28.8. The molecule has 0 heterocycles. The van der Waals surface area contributed by atoms with Crippen LogP contribution in [0.5, 0.6) is 0 Å². The number of hydrogen-bond donors (Lipinski definition) is 0. The molecule has 5 heavy (non-hydrogen) atoms. The van der Waals surface area contributed by atoms with Gasteiger partial charge in [0.1, 0.15) is 0 Å². The van der Waals surface area contributed by atoms with Crippen LogP contribution in [0.4, 0.5) is 0 Å². The van der Waals surface area contributed by atoms with Gasteiger partial charge in [-0.2, -0.15) is 0 Å². The molecule has 30 valence electrons. The maximum Gasteiger partial charge on any atom is 0.187 e. The third-order valence-corrected chi connectivity index (χ3v) is 0. The average Bonchev–Trinajstić information content (AvgIpc) is 0. The van der Waals surface area contributed by atoms with Gasteiger partial charge in [-0.3, -0.25) is 0 Å². The molecular weight excluding hydrogens is 294 g/mol. The quantitative estimate of drug-likeness (QED) is 0.429. The molecule has 0 rings (SSSR count). The second-order valence-corrected chi connectivity index (χ2v) is 0. The summed E-state index contributed by atoms with van der Waals surface area (Å²) in [4.78, 5) is 0. The molecule has 0 bridgehead atoms. The van der Waals surface area contributed by atoms with E-state index in [1.165, 1.54) is 0 Å². The van der Waals surface area contributed by atoms with Crippen LogP contribution in [0, 0.1) is 0 Å². The van der Waals surface area contributed by atoms with E-state index in [1.54, 1.807) is 0 Å². The topological polar surface area (TPSA) is 0 Å². The minimum absolute atomic E-state index is 0. The molecule has 0 unspecified atom stereocenters. The fourth-order valence-corrected chi connectivity index (χ4v) is 0. The van der Waals surface area contributed by atoms with Crippen LogP contribution in [0.15, 0.2) is 0 Å². The predicted octanol–water partition coefficient (Wildman–Crippen LogP) is -2.64. The average molecular weight is 301 g/mol. The molecule has 0 saturated heterocycles. The zero-order valence-electron chi connectivity index (χ0n) is 1.32. The van der Waals surface area contributed by atoms with Gasteiger partial charge in [-0.1, -0.05) is 0 Å². The Morgan fingerprint density at radius 2 is 1.00 bits per heavy atom. The van der Waals surface area contributed by atoms with Gasteiger partial charge < -0.3 is 0 Å². The minimum Gasteiger partial charge on any atom is -0.0149 e. The van der Waals surface area contributed by atoms with Gasteiger partial charge in [-0.05, 0) is 11.0 Å². The Hall–Kier alpha value is 2.85. The first-order valence-corrected chi connectivity index (χ1v) is 0. The van der Waals surface area contributed by atoms with E-state index in [9.17, 15) is 0 Å². The van der Waals surface area contributed by atoms with Crippen LogP contribution < -0.4 is 0 Å². The zero-order valence-corrected chi connectivity index (χ0v) is 7.06. The fourth-order valence-electron chi connectivity index (χ4n) is 0. The monoisotopic (exact) mass is 302 g/mol. The van der Waals surface area contributed by atoms with Crippen LogP contribution >= 0.6 is 0 Å². The maximum absolute atomic E-state index is 0. The van der Waals surface area contributed by atoms with Crippen molar-refractivity contribution in [3.8, 4) is 0 Å². The van der Waals surface area contributed by atoms with Crippen molar-refractivity contribution in [3.63, 3.8) is 0 Å². The van der Waals surface area contributed by atoms with Crippen LogP contribution in [-0.4, -0.2) is 28.3 Å². The van der Waals surface area contributed by atoms with Crippen LogP contribution in [0.3, 0.4) is 0 Å². The zero-order chi connectivity index (χ0) is 0. The molecule has 0 N–H and O–H groups in total. The molecule has 0 aliphatic heterocycles. The van der Waals surface area contributed by atoms with Gasteiger partial charge in [0.05, 0.1) is 0 Å². The Morgan fingerprint density at radius 3 is 1.00 bits per heavy atom. The molecule has 0 aliphatic carbocycles. The van der Waals surface area contributed by atoms with Crippen molar-refractivity contribution in [1.82, 2.24) is 0 Å². The van der Waals surface area contributed by atoms with E-state index in [1.807, 2.05) is 0 Å². The Balaban J connectivity index is 0. The Labute approximate surface area is 91.5 Å². The van der Waals surface area contributed by atoms with Gasteiger partial charge in [-0.15, -0.1) is 0 Å². The summed E-state index contributed by atoms with van der Waals surface area (Å²) in [6.45, 7) is 0. The van der Waals surface area contributed by atoms with E-state index < -0.39 is 0 Å². The van der Waals surface area contributed by atoms with Crippen molar-refractivity contribution < 1.29 is 64.6 Å². The van der Waals surface area contributed by atoms with Gasteiger partial charge in [0.25, 0.3) is 0 Å². The Kier molecular flexibility index (Phi) is 261. The van der Waals surface area contributed by atoms with Crippen LogP contribution in [-0.2, 0) is 64.6 Å². The number of hydrogen-bond acceptors (Lipinski definition) is 0. The third-order valence-electron chi connectivity index (χ3n) is 0. The predicted molar refractivity (Wildman–Crippen MR) is 21.3 cm³/mol. The molecule has 0 aromatic rings. The van der Waals surface area contributed by atoms with Crippen molar-refractivity contribution >= 4 is 28.3 Å². The molecule has 0 atom stereocenters. The molecule has 0 nitrogen and oxygen atoms in total. The minimum atomic E-state index is 0. The molecule has 0 radical (unpaired) electrons. The van der Waals surface area contributed by atoms with Gasteiger partial charge in [0, 0.05) is 64.6 Å². The van der Waals surface area contributed by atoms with Crippen LogP contribution in [0.1, 0.15) is 0 Å². The molecule has 0 aliphatic rings. The summed E-state index contributed by atoms with van der Waals surface area (Å²) in [7, 11) is 0. The maximum atomic E-state index is 0. The summed E-state index contributed by atoms with van der Waals surface area (Å²) in [5, 5.41) is 0. The largest absolute Gasteiger partial charge is 0.187 e. The van der Waals surface area contributed by atoms with Crippen molar-refractivity contribution in [2.45, 2.75) is 0 Å². The molecule has 0 spiro atoms. The number of rotatable bonds is 0. The summed E-state index contributed by atoms with van der Waals surface area (Å²) < 4.78 is 0. The van der Waals surface area contributed by atoms with Gasteiger partial charge in [0.15, 0.2) is 17.4 Å². The van der Waals surface area contributed by atoms with Crippen LogP contribution in [0.25, 0.3) is 0 Å². The second-order valence-electron chi connectivity index (χ2n) is 0. The standard InChI is InChI=1S/Al.Cr.Mo.H4Si.Zr.3H/h;;;1H4;;;;. The van der Waals surface area contributed by atoms with E-state index in [0.29, 0.717) is 0 Å². The molecular formula is H7AlCrMoSiZr.